The van der Waals surface area contributed by atoms with Crippen LogP contribution >= 0.6 is 0 Å². The Morgan fingerprint density at radius 3 is 2.67 bits per heavy atom. The van der Waals surface area contributed by atoms with Crippen LogP contribution in [0.25, 0.3) is 0 Å². The molecule has 1 aromatic heterocycles. The fourth-order valence-electron chi connectivity index (χ4n) is 1.95. The SMILES string of the molecule is O=C(O)c1ncccc1NC1CCS(=O)(=O)CC1. The third-order valence-corrected chi connectivity index (χ3v) is 4.64. The lowest BCUT2D eigenvalue weighted by Crippen LogP contribution is -2.32. The quantitative estimate of drug-likeness (QED) is 0.842. The van der Waals surface area contributed by atoms with E-state index < -0.39 is 15.8 Å². The molecule has 1 fully saturated rings. The highest BCUT2D eigenvalue weighted by Crippen LogP contribution is 2.19. The van der Waals surface area contributed by atoms with Crippen molar-refractivity contribution in [1.82, 2.24) is 4.98 Å². The number of hydrogen-bond donors (Lipinski definition) is 2. The van der Waals surface area contributed by atoms with Crippen molar-refractivity contribution in [2.45, 2.75) is 18.9 Å². The molecule has 7 heteroatoms. The van der Waals surface area contributed by atoms with Crippen molar-refractivity contribution in [3.05, 3.63) is 24.0 Å². The molecule has 0 aromatic carbocycles. The summed E-state index contributed by atoms with van der Waals surface area (Å²) in [4.78, 5) is 14.8. The monoisotopic (exact) mass is 270 g/mol. The van der Waals surface area contributed by atoms with Gasteiger partial charge in [0, 0.05) is 12.2 Å². The Balaban J connectivity index is 2.09. The molecule has 0 amide bonds. The van der Waals surface area contributed by atoms with Crippen LogP contribution < -0.4 is 5.32 Å². The predicted octanol–water partition coefficient (Wildman–Crippen LogP) is 0.769. The van der Waals surface area contributed by atoms with E-state index in [-0.39, 0.29) is 23.2 Å². The van der Waals surface area contributed by atoms with Gasteiger partial charge in [-0.3, -0.25) is 0 Å². The smallest absolute Gasteiger partial charge is 0.356 e. The number of aromatic carboxylic acids is 1. The van der Waals surface area contributed by atoms with Crippen molar-refractivity contribution < 1.29 is 18.3 Å². The molecule has 0 atom stereocenters. The van der Waals surface area contributed by atoms with Crippen molar-refractivity contribution in [2.24, 2.45) is 0 Å². The van der Waals surface area contributed by atoms with Crippen LogP contribution in [0.2, 0.25) is 0 Å². The zero-order chi connectivity index (χ0) is 13.2. The molecule has 0 saturated carbocycles. The zero-order valence-corrected chi connectivity index (χ0v) is 10.5. The van der Waals surface area contributed by atoms with Crippen molar-refractivity contribution in [1.29, 1.82) is 0 Å². The summed E-state index contributed by atoms with van der Waals surface area (Å²) in [5, 5.41) is 12.0. The fraction of sp³-hybridized carbons (Fsp3) is 0.455. The third-order valence-electron chi connectivity index (χ3n) is 2.92. The lowest BCUT2D eigenvalue weighted by atomic mass is 10.1. The van der Waals surface area contributed by atoms with Crippen molar-refractivity contribution in [2.75, 3.05) is 16.8 Å². The van der Waals surface area contributed by atoms with Crippen molar-refractivity contribution in [3.63, 3.8) is 0 Å². The van der Waals surface area contributed by atoms with Gasteiger partial charge in [0.05, 0.1) is 17.2 Å². The molecule has 1 aliphatic heterocycles. The number of carbonyl (C=O) groups is 1. The van der Waals surface area contributed by atoms with E-state index in [1.54, 1.807) is 12.1 Å². The Kier molecular flexibility index (Phi) is 3.51. The molecule has 0 bridgehead atoms. The lowest BCUT2D eigenvalue weighted by Gasteiger charge is -2.24. The highest BCUT2D eigenvalue weighted by Gasteiger charge is 2.24. The molecule has 6 nitrogen and oxygen atoms in total. The van der Waals surface area contributed by atoms with Crippen molar-refractivity contribution >= 4 is 21.5 Å². The summed E-state index contributed by atoms with van der Waals surface area (Å²) in [6.45, 7) is 0. The van der Waals surface area contributed by atoms with Gasteiger partial charge in [0.1, 0.15) is 9.84 Å². The molecule has 0 radical (unpaired) electrons. The number of hydrogen-bond acceptors (Lipinski definition) is 5. The number of pyridine rings is 1. The van der Waals surface area contributed by atoms with E-state index >= 15 is 0 Å². The molecule has 2 N–H and O–H groups in total. The largest absolute Gasteiger partial charge is 0.476 e. The average molecular weight is 270 g/mol. The van der Waals surface area contributed by atoms with Crippen LogP contribution in [0.4, 0.5) is 5.69 Å². The van der Waals surface area contributed by atoms with E-state index in [1.165, 1.54) is 6.20 Å². The Bertz CT molecular complexity index is 542. The molecular weight excluding hydrogens is 256 g/mol. The standard InChI is InChI=1S/C11H14N2O4S/c14-11(15)10-9(2-1-5-12-10)13-8-3-6-18(16,17)7-4-8/h1-2,5,8,13H,3-4,6-7H2,(H,14,15). The van der Waals surface area contributed by atoms with Gasteiger partial charge in [-0.25, -0.2) is 18.2 Å². The maximum absolute atomic E-state index is 11.3. The number of aromatic nitrogens is 1. The van der Waals surface area contributed by atoms with Crippen LogP contribution in [-0.2, 0) is 9.84 Å². The second-order valence-corrected chi connectivity index (χ2v) is 6.58. The Hall–Kier alpha value is -1.63. The fourth-order valence-corrected chi connectivity index (χ4v) is 3.44. The summed E-state index contributed by atoms with van der Waals surface area (Å²) < 4.78 is 22.6. The first-order valence-corrected chi connectivity index (χ1v) is 7.45. The molecule has 1 saturated heterocycles. The van der Waals surface area contributed by atoms with Crippen molar-refractivity contribution in [3.8, 4) is 0 Å². The first kappa shape index (κ1) is 12.8. The normalized spacial score (nSPS) is 19.3. The molecule has 2 heterocycles. The molecule has 98 valence electrons. The van der Waals surface area contributed by atoms with E-state index in [2.05, 4.69) is 10.3 Å². The highest BCUT2D eigenvalue weighted by atomic mass is 32.2. The number of carboxylic acid groups (broad SMARTS) is 1. The second kappa shape index (κ2) is 4.93. The number of rotatable bonds is 3. The molecule has 1 aliphatic rings. The molecule has 0 spiro atoms. The van der Waals surface area contributed by atoms with Gasteiger partial charge in [0.15, 0.2) is 5.69 Å². The van der Waals surface area contributed by atoms with Gasteiger partial charge in [0.2, 0.25) is 0 Å². The van der Waals surface area contributed by atoms with Crippen LogP contribution in [-0.4, -0.2) is 42.0 Å². The number of nitrogens with one attached hydrogen (secondary N) is 1. The first-order chi connectivity index (χ1) is 8.48. The van der Waals surface area contributed by atoms with Crippen LogP contribution in [0, 0.1) is 0 Å². The molecule has 18 heavy (non-hydrogen) atoms. The molecule has 2 rings (SSSR count). The zero-order valence-electron chi connectivity index (χ0n) is 9.67. The summed E-state index contributed by atoms with van der Waals surface area (Å²) in [7, 11) is -2.91. The second-order valence-electron chi connectivity index (χ2n) is 4.28. The highest BCUT2D eigenvalue weighted by molar-refractivity contribution is 7.91. The summed E-state index contributed by atoms with van der Waals surface area (Å²) in [5.41, 5.74) is 0.403. The van der Waals surface area contributed by atoms with E-state index in [4.69, 9.17) is 5.11 Å². The van der Waals surface area contributed by atoms with Gasteiger partial charge in [-0.15, -0.1) is 0 Å². The summed E-state index contributed by atoms with van der Waals surface area (Å²) in [6, 6.07) is 3.27. The van der Waals surface area contributed by atoms with Gasteiger partial charge in [-0.2, -0.15) is 0 Å². The van der Waals surface area contributed by atoms with Crippen LogP contribution in [0.5, 0.6) is 0 Å². The van der Waals surface area contributed by atoms with Crippen LogP contribution in [0.15, 0.2) is 18.3 Å². The van der Waals surface area contributed by atoms with Gasteiger partial charge < -0.3 is 10.4 Å². The minimum Gasteiger partial charge on any atom is -0.476 e. The number of anilines is 1. The first-order valence-electron chi connectivity index (χ1n) is 5.63. The predicted molar refractivity (Wildman–Crippen MR) is 66.5 cm³/mol. The van der Waals surface area contributed by atoms with Crippen LogP contribution in [0.1, 0.15) is 23.3 Å². The van der Waals surface area contributed by atoms with Gasteiger partial charge >= 0.3 is 5.97 Å². The van der Waals surface area contributed by atoms with E-state index in [0.717, 1.165) is 0 Å². The van der Waals surface area contributed by atoms with E-state index in [9.17, 15) is 13.2 Å². The van der Waals surface area contributed by atoms with E-state index in [0.29, 0.717) is 18.5 Å². The third kappa shape index (κ3) is 2.98. The number of carboxylic acids is 1. The number of sulfone groups is 1. The summed E-state index contributed by atoms with van der Waals surface area (Å²) >= 11 is 0. The molecular formula is C11H14N2O4S. The Morgan fingerprint density at radius 2 is 2.06 bits per heavy atom. The average Bonchev–Trinajstić information content (AvgIpc) is 2.32. The molecule has 1 aromatic rings. The minimum atomic E-state index is -2.91. The van der Waals surface area contributed by atoms with Crippen LogP contribution in [0.3, 0.4) is 0 Å². The maximum atomic E-state index is 11.3. The molecule has 0 aliphatic carbocycles. The minimum absolute atomic E-state index is 0.0178. The van der Waals surface area contributed by atoms with Gasteiger partial charge in [-0.05, 0) is 25.0 Å². The Labute approximate surface area is 105 Å². The summed E-state index contributed by atoms with van der Waals surface area (Å²) in [6.07, 6.45) is 2.41. The lowest BCUT2D eigenvalue weighted by molar-refractivity contribution is 0.0691. The van der Waals surface area contributed by atoms with Gasteiger partial charge in [-0.1, -0.05) is 0 Å². The van der Waals surface area contributed by atoms with Gasteiger partial charge in [0.25, 0.3) is 0 Å². The summed E-state index contributed by atoms with van der Waals surface area (Å²) in [5.74, 6) is -0.803. The molecule has 0 unspecified atom stereocenters. The Morgan fingerprint density at radius 1 is 1.39 bits per heavy atom. The number of nitrogens with zero attached hydrogens (tertiary/aromatic N) is 1. The van der Waals surface area contributed by atoms with E-state index in [1.807, 2.05) is 0 Å². The maximum Gasteiger partial charge on any atom is 0.356 e. The topological polar surface area (TPSA) is 96.4 Å².